The number of fused-ring (bicyclic) bond motifs is 2. The summed E-state index contributed by atoms with van der Waals surface area (Å²) >= 11 is 0. The number of piperazine rings is 1. The van der Waals surface area contributed by atoms with Crippen molar-refractivity contribution >= 4 is 28.4 Å². The lowest BCUT2D eigenvalue weighted by molar-refractivity contribution is 0.0345. The average Bonchev–Trinajstić information content (AvgIpc) is 3.43. The van der Waals surface area contributed by atoms with E-state index >= 15 is 0 Å². The molecule has 2 aromatic heterocycles. The van der Waals surface area contributed by atoms with E-state index in [1.165, 1.54) is 5.69 Å². The molecular weight excluding hydrogens is 490 g/mol. The van der Waals surface area contributed by atoms with Gasteiger partial charge in [0.1, 0.15) is 5.39 Å². The van der Waals surface area contributed by atoms with Gasteiger partial charge >= 0.3 is 0 Å². The van der Waals surface area contributed by atoms with Gasteiger partial charge in [-0.1, -0.05) is 19.1 Å². The van der Waals surface area contributed by atoms with E-state index in [9.17, 15) is 9.90 Å². The first kappa shape index (κ1) is 25.3. The number of aromatic nitrogens is 4. The minimum atomic E-state index is -0.851. The fourth-order valence-electron chi connectivity index (χ4n) is 5.78. The van der Waals surface area contributed by atoms with Crippen LogP contribution in [0.4, 0.5) is 17.3 Å². The number of aryl methyl sites for hydroxylation is 1. The fourth-order valence-corrected chi connectivity index (χ4v) is 5.78. The molecule has 4 aromatic rings. The Balaban J connectivity index is 1.36. The Morgan fingerprint density at radius 2 is 1.85 bits per heavy atom. The van der Waals surface area contributed by atoms with Crippen molar-refractivity contribution in [3.05, 3.63) is 82.8 Å². The lowest BCUT2D eigenvalue weighted by Gasteiger charge is -2.34. The molecule has 6 rings (SSSR count). The second-order valence-electron chi connectivity index (χ2n) is 10.6. The molecule has 1 unspecified atom stereocenters. The van der Waals surface area contributed by atoms with Crippen LogP contribution in [-0.4, -0.2) is 62.6 Å². The first-order chi connectivity index (χ1) is 18.9. The van der Waals surface area contributed by atoms with Crippen LogP contribution in [0, 0.1) is 0 Å². The highest BCUT2D eigenvalue weighted by Crippen LogP contribution is 2.40. The van der Waals surface area contributed by atoms with Crippen LogP contribution in [0.15, 0.2) is 66.1 Å². The van der Waals surface area contributed by atoms with E-state index in [0.29, 0.717) is 36.4 Å². The minimum absolute atomic E-state index is 0.181. The molecule has 2 aliphatic rings. The van der Waals surface area contributed by atoms with Gasteiger partial charge in [-0.3, -0.25) is 4.79 Å². The summed E-state index contributed by atoms with van der Waals surface area (Å²) in [5.74, 6) is 0.408. The summed E-state index contributed by atoms with van der Waals surface area (Å²) in [6.45, 7) is 10.3. The van der Waals surface area contributed by atoms with Gasteiger partial charge in [-0.25, -0.2) is 14.3 Å². The predicted molar refractivity (Wildman–Crippen MR) is 155 cm³/mol. The molecule has 1 aliphatic carbocycles. The third kappa shape index (κ3) is 4.51. The normalized spacial score (nSPS) is 19.4. The number of anilines is 3. The maximum absolute atomic E-state index is 13.3. The largest absolute Gasteiger partial charge is 0.385 e. The van der Waals surface area contributed by atoms with Gasteiger partial charge in [0.15, 0.2) is 5.65 Å². The van der Waals surface area contributed by atoms with Crippen molar-refractivity contribution in [1.29, 1.82) is 0 Å². The van der Waals surface area contributed by atoms with Crippen molar-refractivity contribution in [1.82, 2.24) is 24.2 Å². The van der Waals surface area contributed by atoms with Crippen LogP contribution in [0.2, 0.25) is 0 Å². The van der Waals surface area contributed by atoms with Gasteiger partial charge in [0.2, 0.25) is 5.95 Å². The topological polar surface area (TPSA) is 91.5 Å². The number of allylic oxidation sites excluding steroid dienone is 1. The molecule has 2 aromatic carbocycles. The smallest absolute Gasteiger partial charge is 0.278 e. The lowest BCUT2D eigenvalue weighted by atomic mass is 9.93. The Labute approximate surface area is 228 Å². The van der Waals surface area contributed by atoms with Crippen LogP contribution in [-0.2, 0) is 18.6 Å². The van der Waals surface area contributed by atoms with Crippen molar-refractivity contribution in [2.45, 2.75) is 38.3 Å². The number of aliphatic hydroxyl groups is 1. The van der Waals surface area contributed by atoms with Crippen molar-refractivity contribution < 1.29 is 5.11 Å². The van der Waals surface area contributed by atoms with E-state index in [4.69, 9.17) is 4.98 Å². The standard InChI is InChI=1S/C30H35N7O2/c1-4-14-36-28(38)25-20-31-29(32-22-7-10-23(11-8-22)35-17-15-34(3)16-18-35)33-27(25)37(36)24-9-6-21-12-13-30(39,5-2)26(21)19-24/h4,6-11,19-20,39H,1,5,12-18H2,2-3H3,(H,31,32,33). The van der Waals surface area contributed by atoms with Gasteiger partial charge in [0, 0.05) is 43.8 Å². The Morgan fingerprint density at radius 1 is 1.10 bits per heavy atom. The number of nitrogens with zero attached hydrogens (tertiary/aromatic N) is 6. The molecule has 0 radical (unpaired) electrons. The summed E-state index contributed by atoms with van der Waals surface area (Å²) in [7, 11) is 2.15. The number of hydrogen-bond donors (Lipinski definition) is 2. The Bertz CT molecular complexity index is 1580. The molecule has 3 heterocycles. The molecule has 2 N–H and O–H groups in total. The van der Waals surface area contributed by atoms with Gasteiger partial charge in [0.05, 0.1) is 17.8 Å². The zero-order chi connectivity index (χ0) is 27.1. The maximum Gasteiger partial charge on any atom is 0.278 e. The Morgan fingerprint density at radius 3 is 2.56 bits per heavy atom. The first-order valence-corrected chi connectivity index (χ1v) is 13.7. The van der Waals surface area contributed by atoms with Crippen LogP contribution in [0.5, 0.6) is 0 Å². The highest BCUT2D eigenvalue weighted by Gasteiger charge is 2.35. The fraction of sp³-hybridized carbons (Fsp3) is 0.367. The van der Waals surface area contributed by atoms with Crippen LogP contribution in [0.3, 0.4) is 0 Å². The van der Waals surface area contributed by atoms with E-state index in [1.54, 1.807) is 17.0 Å². The molecule has 1 aliphatic heterocycles. The molecule has 9 nitrogen and oxygen atoms in total. The maximum atomic E-state index is 13.3. The monoisotopic (exact) mass is 525 g/mol. The number of likely N-dealkylation sites (N-methyl/N-ethyl adjacent to an activating group) is 1. The summed E-state index contributed by atoms with van der Waals surface area (Å²) in [5.41, 5.74) is 4.39. The first-order valence-electron chi connectivity index (χ1n) is 13.7. The zero-order valence-corrected chi connectivity index (χ0v) is 22.6. The van der Waals surface area contributed by atoms with Crippen LogP contribution >= 0.6 is 0 Å². The van der Waals surface area contributed by atoms with Crippen molar-refractivity contribution in [3.8, 4) is 5.69 Å². The Hall–Kier alpha value is -3.95. The molecule has 1 fully saturated rings. The SMILES string of the molecule is C=CCn1c(=O)c2cnc(Nc3ccc(N4CCN(C)CC4)cc3)nc2n1-c1ccc2c(c1)C(O)(CC)CC2. The number of rotatable bonds is 7. The summed E-state index contributed by atoms with van der Waals surface area (Å²) in [6, 6.07) is 14.3. The van der Waals surface area contributed by atoms with E-state index in [0.717, 1.165) is 55.1 Å². The van der Waals surface area contributed by atoms with Gasteiger partial charge in [0.25, 0.3) is 5.56 Å². The second-order valence-corrected chi connectivity index (χ2v) is 10.6. The average molecular weight is 526 g/mol. The van der Waals surface area contributed by atoms with E-state index in [-0.39, 0.29) is 5.56 Å². The van der Waals surface area contributed by atoms with E-state index in [2.05, 4.69) is 51.9 Å². The molecule has 9 heteroatoms. The van der Waals surface area contributed by atoms with Gasteiger partial charge in [-0.15, -0.1) is 6.58 Å². The van der Waals surface area contributed by atoms with E-state index in [1.807, 2.05) is 35.9 Å². The summed E-state index contributed by atoms with van der Waals surface area (Å²) in [6.07, 6.45) is 5.46. The predicted octanol–water partition coefficient (Wildman–Crippen LogP) is 3.81. The molecule has 202 valence electrons. The van der Waals surface area contributed by atoms with Gasteiger partial charge in [-0.2, -0.15) is 4.98 Å². The van der Waals surface area contributed by atoms with Gasteiger partial charge in [-0.05, 0) is 73.8 Å². The van der Waals surface area contributed by atoms with Crippen molar-refractivity contribution in [2.75, 3.05) is 43.4 Å². The van der Waals surface area contributed by atoms with E-state index < -0.39 is 5.60 Å². The molecule has 0 spiro atoms. The van der Waals surface area contributed by atoms with Gasteiger partial charge < -0.3 is 20.2 Å². The molecule has 1 saturated heterocycles. The lowest BCUT2D eigenvalue weighted by Crippen LogP contribution is -2.44. The minimum Gasteiger partial charge on any atom is -0.385 e. The van der Waals surface area contributed by atoms with Crippen molar-refractivity contribution in [2.24, 2.45) is 0 Å². The summed E-state index contributed by atoms with van der Waals surface area (Å²) in [5, 5.41) is 14.9. The zero-order valence-electron chi connectivity index (χ0n) is 22.6. The number of nitrogens with one attached hydrogen (secondary N) is 1. The second kappa shape index (κ2) is 9.98. The quantitative estimate of drug-likeness (QED) is 0.355. The van der Waals surface area contributed by atoms with Crippen LogP contribution in [0.1, 0.15) is 30.9 Å². The third-order valence-electron chi connectivity index (χ3n) is 8.20. The van der Waals surface area contributed by atoms with Crippen LogP contribution < -0.4 is 15.8 Å². The number of hydrogen-bond acceptors (Lipinski definition) is 7. The van der Waals surface area contributed by atoms with Crippen LogP contribution in [0.25, 0.3) is 16.7 Å². The molecule has 0 bridgehead atoms. The Kier molecular flexibility index (Phi) is 6.48. The van der Waals surface area contributed by atoms with Crippen molar-refractivity contribution in [3.63, 3.8) is 0 Å². The molecule has 1 atom stereocenters. The highest BCUT2D eigenvalue weighted by molar-refractivity contribution is 5.77. The molecule has 0 amide bonds. The highest BCUT2D eigenvalue weighted by atomic mass is 16.3. The molecular formula is C30H35N7O2. The number of benzene rings is 2. The summed E-state index contributed by atoms with van der Waals surface area (Å²) < 4.78 is 3.43. The third-order valence-corrected chi connectivity index (χ3v) is 8.20. The summed E-state index contributed by atoms with van der Waals surface area (Å²) in [4.78, 5) is 27.3. The molecule has 39 heavy (non-hydrogen) atoms. The molecule has 0 saturated carbocycles.